The standard InChI is InChI=1S/C73H103N19O26/c1-5-6-7-8-9-10-11-22-53(96)84-44(25-38-31-79-42-20-15-13-17-39(38)42)66(111)87-45(27-52(75)95)67(112)89-48(30-59(105)106)68(113)92-61-37(4)118-72(117)49(26-51(94)40-18-12-14-19-41(40)74)90-71(116)60(35(2)24-56(99)100)91-69(114)50(34-93)85-55(98)32-80-63(108)46(28-57(101)102)86-62(107)36(3)82-65(110)47(29-58(103)104)88-64(109)43(21-16-23-78-73(76)77)83-54(97)33-81-70(61)115/h12-15,17-20,31,35-37,43-50,60-61,79,93H,5-11,16,21-30,32-34,74H2,1-4H3,(H2,75,95)(H,80,108)(H,81,115)(H,82,110)(H,83,97)(H,84,96)(H,85,98)(H,86,107)(H,87,111)(H,88,109)(H,89,112)(H,90,116)(H,91,114)(H,92,113)(H,99,100)(H,101,102)(H,103,104)(H,105,106)(H4,76,77,78). The second-order valence-corrected chi connectivity index (χ2v) is 27.8. The first-order chi connectivity index (χ1) is 55.7. The largest absolute Gasteiger partial charge is 0.481 e. The SMILES string of the molecule is CCCCCCCCCC(=O)NC(Cc1c[nH]c2ccccc12)C(=O)NC(CC(N)=O)C(=O)NC(CC(=O)O)C(=O)NC1C(=O)NCC(=O)NC(CCCNC(=N)N)C(=O)NC(CC(=O)O)C(=O)NC(C)C(=O)NC(CC(=O)O)C(=O)NCC(=O)NC(CO)C(=O)NC(C(C)CC(=O)O)C(=O)NC(CC(=O)c2ccccc2N)C(=O)OC1C. The van der Waals surface area contributed by atoms with Gasteiger partial charge < -0.3 is 127 Å². The second-order valence-electron chi connectivity index (χ2n) is 27.8. The number of carbonyl (C=O) groups is 20. The van der Waals surface area contributed by atoms with Crippen molar-refractivity contribution in [3.63, 3.8) is 0 Å². The molecule has 0 aliphatic carbocycles. The smallest absolute Gasteiger partial charge is 0.329 e. The highest BCUT2D eigenvalue weighted by Crippen LogP contribution is 2.22. The Morgan fingerprint density at radius 3 is 1.70 bits per heavy atom. The Labute approximate surface area is 674 Å². The highest BCUT2D eigenvalue weighted by molar-refractivity contribution is 6.05. The van der Waals surface area contributed by atoms with Gasteiger partial charge in [-0.1, -0.05) is 82.7 Å². The van der Waals surface area contributed by atoms with Crippen LogP contribution in [0.3, 0.4) is 0 Å². The molecule has 2 heterocycles. The van der Waals surface area contributed by atoms with Crippen LogP contribution in [0.1, 0.15) is 146 Å². The number of anilines is 1. The summed E-state index contributed by atoms with van der Waals surface area (Å²) in [4.78, 5) is 277. The third-order valence-corrected chi connectivity index (χ3v) is 18.2. The number of Topliss-reactive ketones (excluding diaryl/α,β-unsaturated/α-hetero) is 1. The van der Waals surface area contributed by atoms with Crippen LogP contribution >= 0.6 is 0 Å². The van der Waals surface area contributed by atoms with E-state index in [2.05, 4.69) is 70.4 Å². The fourth-order valence-electron chi connectivity index (χ4n) is 11.9. The van der Waals surface area contributed by atoms with Gasteiger partial charge in [-0.3, -0.25) is 96.5 Å². The van der Waals surface area contributed by atoms with E-state index in [1.165, 1.54) is 24.3 Å². The Morgan fingerprint density at radius 2 is 1.10 bits per heavy atom. The van der Waals surface area contributed by atoms with Gasteiger partial charge in [-0.05, 0) is 62.8 Å². The van der Waals surface area contributed by atoms with Crippen LogP contribution in [0.25, 0.3) is 10.9 Å². The van der Waals surface area contributed by atoms with Gasteiger partial charge >= 0.3 is 29.8 Å². The quantitative estimate of drug-likeness (QED) is 0.00643. The number of nitrogens with two attached hydrogens (primary N) is 3. The number of nitrogen functional groups attached to an aromatic ring is 1. The summed E-state index contributed by atoms with van der Waals surface area (Å²) in [5.74, 6) is -30.6. The molecule has 13 unspecified atom stereocenters. The van der Waals surface area contributed by atoms with Crippen molar-refractivity contribution in [1.29, 1.82) is 5.41 Å². The molecular weight excluding hydrogens is 1560 g/mol. The van der Waals surface area contributed by atoms with Gasteiger partial charge in [0.1, 0.15) is 72.6 Å². The summed E-state index contributed by atoms with van der Waals surface area (Å²) in [6.45, 7) is 1.00. The number of unbranched alkanes of at least 4 members (excludes halogenated alkanes) is 6. The molecule has 646 valence electrons. The summed E-state index contributed by atoms with van der Waals surface area (Å²) >= 11 is 0. The summed E-state index contributed by atoms with van der Waals surface area (Å²) in [6.07, 6.45) is -2.67. The lowest BCUT2D eigenvalue weighted by molar-refractivity contribution is -0.156. The maximum absolute atomic E-state index is 14.9. The van der Waals surface area contributed by atoms with Crippen LogP contribution in [0.5, 0.6) is 0 Å². The number of ether oxygens (including phenoxy) is 1. The number of guanidine groups is 1. The van der Waals surface area contributed by atoms with E-state index in [4.69, 9.17) is 27.3 Å². The van der Waals surface area contributed by atoms with Crippen LogP contribution in [0.2, 0.25) is 0 Å². The fraction of sp³-hybridized carbons (Fsp3) is 0.521. The zero-order valence-corrected chi connectivity index (χ0v) is 65.1. The molecule has 13 atom stereocenters. The van der Waals surface area contributed by atoms with Crippen molar-refractivity contribution in [3.8, 4) is 0 Å². The van der Waals surface area contributed by atoms with E-state index in [1.807, 2.05) is 16.0 Å². The van der Waals surface area contributed by atoms with Gasteiger partial charge in [-0.25, -0.2) is 4.79 Å². The van der Waals surface area contributed by atoms with Crippen molar-refractivity contribution >= 4 is 141 Å². The van der Waals surface area contributed by atoms with Crippen LogP contribution in [0, 0.1) is 11.3 Å². The molecule has 0 spiro atoms. The minimum atomic E-state index is -2.48. The van der Waals surface area contributed by atoms with Gasteiger partial charge in [-0.15, -0.1) is 0 Å². The number of amides is 14. The maximum atomic E-state index is 14.9. The molecule has 14 amide bonds. The average Bonchev–Trinajstić information content (AvgIpc) is 1.59. The Bertz CT molecular complexity index is 4170. The Morgan fingerprint density at radius 1 is 0.559 bits per heavy atom. The molecule has 0 bridgehead atoms. The molecule has 2 aromatic carbocycles. The molecular formula is C73H103N19O26. The first-order valence-electron chi connectivity index (χ1n) is 37.6. The molecule has 45 nitrogen and oxygen atoms in total. The molecule has 1 aliphatic heterocycles. The normalized spacial score (nSPS) is 20.9. The molecule has 1 saturated heterocycles. The lowest BCUT2D eigenvalue weighted by Gasteiger charge is -2.30. The molecule has 1 aliphatic rings. The Hall–Kier alpha value is -13.4. The van der Waals surface area contributed by atoms with Gasteiger partial charge in [0.05, 0.1) is 51.8 Å². The number of aliphatic carboxylic acids is 4. The van der Waals surface area contributed by atoms with Gasteiger partial charge in [-0.2, -0.15) is 0 Å². The van der Waals surface area contributed by atoms with Gasteiger partial charge in [0.2, 0.25) is 82.7 Å². The van der Waals surface area contributed by atoms with Crippen molar-refractivity contribution in [2.75, 3.05) is 32.0 Å². The van der Waals surface area contributed by atoms with E-state index in [9.17, 15) is 121 Å². The zero-order valence-electron chi connectivity index (χ0n) is 65.1. The predicted octanol–water partition coefficient (Wildman–Crippen LogP) is -6.10. The van der Waals surface area contributed by atoms with Gasteiger partial charge in [0, 0.05) is 54.2 Å². The number of nitrogens with one attached hydrogen (secondary N) is 16. The van der Waals surface area contributed by atoms with Crippen molar-refractivity contribution in [2.24, 2.45) is 17.4 Å². The number of carboxylic acids is 4. The number of aromatic amines is 1. The minimum Gasteiger partial charge on any atom is -0.481 e. The number of H-pyrrole nitrogens is 1. The van der Waals surface area contributed by atoms with Crippen molar-refractivity contribution < 1.29 is 126 Å². The number of hydrogen-bond donors (Lipinski definition) is 24. The fourth-order valence-corrected chi connectivity index (χ4v) is 11.9. The molecule has 3 aromatic rings. The van der Waals surface area contributed by atoms with E-state index in [0.29, 0.717) is 29.3 Å². The van der Waals surface area contributed by atoms with Gasteiger partial charge in [0.15, 0.2) is 11.7 Å². The van der Waals surface area contributed by atoms with Crippen LogP contribution in [-0.4, -0.2) is 254 Å². The number of aromatic nitrogens is 1. The number of cyclic esters (lactones) is 1. The highest BCUT2D eigenvalue weighted by atomic mass is 16.5. The van der Waals surface area contributed by atoms with Crippen LogP contribution in [-0.2, 0) is 102 Å². The van der Waals surface area contributed by atoms with E-state index >= 15 is 0 Å². The van der Waals surface area contributed by atoms with Crippen molar-refractivity contribution in [1.82, 2.24) is 79.4 Å². The summed E-state index contributed by atoms with van der Waals surface area (Å²) < 4.78 is 5.69. The number of carboxylic acid groups (broad SMARTS) is 4. The Balaban J connectivity index is 1.90. The second kappa shape index (κ2) is 48.7. The lowest BCUT2D eigenvalue weighted by Crippen LogP contribution is -2.62. The topological polar surface area (TPSA) is 738 Å². The van der Waals surface area contributed by atoms with E-state index < -0.39 is 267 Å². The van der Waals surface area contributed by atoms with E-state index in [1.54, 1.807) is 30.5 Å². The van der Waals surface area contributed by atoms with E-state index in [0.717, 1.165) is 52.9 Å². The Kier molecular flexibility index (Phi) is 40.1. The van der Waals surface area contributed by atoms with E-state index in [-0.39, 0.29) is 37.1 Å². The van der Waals surface area contributed by atoms with Crippen molar-refractivity contribution in [3.05, 3.63) is 65.9 Å². The van der Waals surface area contributed by atoms with Crippen LogP contribution in [0.4, 0.5) is 5.69 Å². The third kappa shape index (κ3) is 33.6. The molecule has 27 N–H and O–H groups in total. The number of rotatable bonds is 36. The number of aliphatic hydroxyl groups is 1. The molecule has 4 rings (SSSR count). The number of para-hydroxylation sites is 2. The van der Waals surface area contributed by atoms with Crippen molar-refractivity contribution in [2.45, 2.75) is 209 Å². The first-order valence-corrected chi connectivity index (χ1v) is 37.6. The molecule has 0 saturated carbocycles. The summed E-state index contributed by atoms with van der Waals surface area (Å²) in [5.41, 5.74) is 17.8. The number of benzene rings is 2. The number of carbonyl (C=O) groups excluding carboxylic acids is 16. The number of esters is 1. The molecule has 118 heavy (non-hydrogen) atoms. The summed E-state index contributed by atoms with van der Waals surface area (Å²) in [7, 11) is 0. The van der Waals surface area contributed by atoms with Crippen LogP contribution in [0.15, 0.2) is 54.7 Å². The number of ketones is 1. The molecule has 1 aromatic heterocycles. The lowest BCUT2D eigenvalue weighted by atomic mass is 9.96. The summed E-state index contributed by atoms with van der Waals surface area (Å²) in [6, 6.07) is -10.9. The zero-order chi connectivity index (χ0) is 88.0. The predicted molar refractivity (Wildman–Crippen MR) is 411 cm³/mol. The average molecular weight is 1660 g/mol. The molecule has 45 heteroatoms. The number of primary amides is 1. The highest BCUT2D eigenvalue weighted by Gasteiger charge is 2.41. The van der Waals surface area contributed by atoms with Gasteiger partial charge in [0.25, 0.3) is 0 Å². The molecule has 1 fully saturated rings. The monoisotopic (exact) mass is 1660 g/mol. The van der Waals surface area contributed by atoms with Crippen LogP contribution < -0.4 is 91.6 Å². The molecule has 0 radical (unpaired) electrons. The number of aliphatic hydroxyl groups excluding tert-OH is 1. The number of hydrogen-bond acceptors (Lipinski definition) is 24. The number of fused-ring (bicyclic) bond motifs is 1. The first kappa shape index (κ1) is 97.0. The third-order valence-electron chi connectivity index (χ3n) is 18.2. The maximum Gasteiger partial charge on any atom is 0.329 e. The summed E-state index contributed by atoms with van der Waals surface area (Å²) in [5, 5.41) is 88.7. The minimum absolute atomic E-state index is 0.0257.